The maximum absolute atomic E-state index is 12.0. The summed E-state index contributed by atoms with van der Waals surface area (Å²) in [5, 5.41) is 2.81. The number of amides is 1. The molecule has 7 heteroatoms. The molecule has 0 unspecified atom stereocenters. The molecule has 23 heavy (non-hydrogen) atoms. The molecule has 1 aromatic rings. The molecule has 6 nitrogen and oxygen atoms in total. The van der Waals surface area contributed by atoms with Crippen molar-refractivity contribution in [1.29, 1.82) is 0 Å². The second-order valence-electron chi connectivity index (χ2n) is 5.41. The summed E-state index contributed by atoms with van der Waals surface area (Å²) in [6.07, 6.45) is 1.75. The van der Waals surface area contributed by atoms with Crippen LogP contribution in [0.3, 0.4) is 0 Å². The average molecular weight is 341 g/mol. The van der Waals surface area contributed by atoms with E-state index in [4.69, 9.17) is 0 Å². The molecule has 1 aromatic carbocycles. The molecule has 1 N–H and O–H groups in total. The summed E-state index contributed by atoms with van der Waals surface area (Å²) < 4.78 is 23.8. The fourth-order valence-electron chi connectivity index (χ4n) is 2.18. The van der Waals surface area contributed by atoms with Gasteiger partial charge in [0, 0.05) is 44.5 Å². The van der Waals surface area contributed by atoms with Gasteiger partial charge in [-0.05, 0) is 44.5 Å². The van der Waals surface area contributed by atoms with Gasteiger partial charge in [-0.15, -0.1) is 0 Å². The average Bonchev–Trinajstić information content (AvgIpc) is 2.52. The van der Waals surface area contributed by atoms with E-state index in [0.29, 0.717) is 25.1 Å². The second kappa shape index (κ2) is 8.88. The standard InChI is InChI=1S/C16H27N3O3S/c1-5-19(6-2)15-10-8-14(9-11-15)16(20)17-12-7-13-18(3)23(4,21)22/h8-11H,5-7,12-13H2,1-4H3,(H,17,20). The SMILES string of the molecule is CCN(CC)c1ccc(C(=O)NCCCN(C)S(C)(=O)=O)cc1. The van der Waals surface area contributed by atoms with E-state index in [-0.39, 0.29) is 5.91 Å². The van der Waals surface area contributed by atoms with E-state index in [2.05, 4.69) is 24.1 Å². The van der Waals surface area contributed by atoms with Crippen molar-refractivity contribution in [3.63, 3.8) is 0 Å². The first-order valence-electron chi connectivity index (χ1n) is 7.84. The molecule has 0 spiro atoms. The molecule has 1 amide bonds. The van der Waals surface area contributed by atoms with E-state index >= 15 is 0 Å². The summed E-state index contributed by atoms with van der Waals surface area (Å²) in [5.41, 5.74) is 1.71. The zero-order chi connectivity index (χ0) is 17.5. The third-order valence-corrected chi connectivity index (χ3v) is 5.07. The van der Waals surface area contributed by atoms with Gasteiger partial charge in [0.1, 0.15) is 0 Å². The lowest BCUT2D eigenvalue weighted by Crippen LogP contribution is -2.31. The van der Waals surface area contributed by atoms with Gasteiger partial charge in [0.15, 0.2) is 0 Å². The van der Waals surface area contributed by atoms with Crippen LogP contribution in [-0.4, -0.2) is 58.1 Å². The topological polar surface area (TPSA) is 69.7 Å². The van der Waals surface area contributed by atoms with E-state index < -0.39 is 10.0 Å². The normalized spacial score (nSPS) is 11.5. The van der Waals surface area contributed by atoms with E-state index in [9.17, 15) is 13.2 Å². The van der Waals surface area contributed by atoms with Crippen LogP contribution >= 0.6 is 0 Å². The number of nitrogens with zero attached hydrogens (tertiary/aromatic N) is 2. The van der Waals surface area contributed by atoms with Crippen molar-refractivity contribution >= 4 is 21.6 Å². The van der Waals surface area contributed by atoms with Gasteiger partial charge in [-0.2, -0.15) is 0 Å². The highest BCUT2D eigenvalue weighted by Gasteiger charge is 2.10. The van der Waals surface area contributed by atoms with Gasteiger partial charge < -0.3 is 10.2 Å². The summed E-state index contributed by atoms with van der Waals surface area (Å²) in [7, 11) is -1.63. The number of rotatable bonds is 9. The van der Waals surface area contributed by atoms with Crippen molar-refractivity contribution in [2.45, 2.75) is 20.3 Å². The van der Waals surface area contributed by atoms with Gasteiger partial charge in [-0.1, -0.05) is 0 Å². The summed E-state index contributed by atoms with van der Waals surface area (Å²) in [4.78, 5) is 14.3. The highest BCUT2D eigenvalue weighted by atomic mass is 32.2. The molecular formula is C16H27N3O3S. The Morgan fingerprint density at radius 3 is 2.17 bits per heavy atom. The monoisotopic (exact) mass is 341 g/mol. The van der Waals surface area contributed by atoms with Crippen molar-refractivity contribution < 1.29 is 13.2 Å². The minimum atomic E-state index is -3.16. The second-order valence-corrected chi connectivity index (χ2v) is 7.50. The maximum atomic E-state index is 12.0. The third kappa shape index (κ3) is 6.19. The number of hydrogen-bond acceptors (Lipinski definition) is 4. The van der Waals surface area contributed by atoms with E-state index in [1.165, 1.54) is 17.6 Å². The summed E-state index contributed by atoms with van der Waals surface area (Å²) in [6, 6.07) is 7.51. The van der Waals surface area contributed by atoms with Gasteiger partial charge in [-0.25, -0.2) is 12.7 Å². The van der Waals surface area contributed by atoms with Crippen LogP contribution in [0, 0.1) is 0 Å². The van der Waals surface area contributed by atoms with Crippen LogP contribution in [0.2, 0.25) is 0 Å². The van der Waals surface area contributed by atoms with Gasteiger partial charge in [-0.3, -0.25) is 4.79 Å². The van der Waals surface area contributed by atoms with Crippen LogP contribution in [-0.2, 0) is 10.0 Å². The molecule has 0 aliphatic carbocycles. The summed E-state index contributed by atoms with van der Waals surface area (Å²) in [5.74, 6) is -0.141. The van der Waals surface area contributed by atoms with Crippen LogP contribution < -0.4 is 10.2 Å². The van der Waals surface area contributed by atoms with Crippen molar-refractivity contribution in [1.82, 2.24) is 9.62 Å². The van der Waals surface area contributed by atoms with E-state index in [1.807, 2.05) is 24.3 Å². The van der Waals surface area contributed by atoms with Crippen LogP contribution in [0.4, 0.5) is 5.69 Å². The minimum absolute atomic E-state index is 0.141. The van der Waals surface area contributed by atoms with Crippen LogP contribution in [0.25, 0.3) is 0 Å². The van der Waals surface area contributed by atoms with E-state index in [1.54, 1.807) is 0 Å². The highest BCUT2D eigenvalue weighted by Crippen LogP contribution is 2.14. The Labute approximate surface area is 139 Å². The van der Waals surface area contributed by atoms with Gasteiger partial charge >= 0.3 is 0 Å². The van der Waals surface area contributed by atoms with Crippen LogP contribution in [0.15, 0.2) is 24.3 Å². The van der Waals surface area contributed by atoms with Crippen molar-refractivity contribution in [3.8, 4) is 0 Å². The molecule has 0 saturated carbocycles. The number of sulfonamides is 1. The van der Waals surface area contributed by atoms with E-state index in [0.717, 1.165) is 18.8 Å². The smallest absolute Gasteiger partial charge is 0.251 e. The maximum Gasteiger partial charge on any atom is 0.251 e. The third-order valence-electron chi connectivity index (χ3n) is 3.76. The Bertz CT molecular complexity index is 596. The number of carbonyl (C=O) groups excluding carboxylic acids is 1. The number of anilines is 1. The number of carbonyl (C=O) groups is 1. The molecule has 0 atom stereocenters. The zero-order valence-corrected chi connectivity index (χ0v) is 15.2. The molecule has 0 aliphatic heterocycles. The molecule has 0 heterocycles. The van der Waals surface area contributed by atoms with Crippen LogP contribution in [0.1, 0.15) is 30.6 Å². The fraction of sp³-hybridized carbons (Fsp3) is 0.562. The quantitative estimate of drug-likeness (QED) is 0.692. The lowest BCUT2D eigenvalue weighted by Gasteiger charge is -2.21. The van der Waals surface area contributed by atoms with Crippen molar-refractivity contribution in [3.05, 3.63) is 29.8 Å². The first-order chi connectivity index (χ1) is 10.8. The Balaban J connectivity index is 2.46. The fourth-order valence-corrected chi connectivity index (χ4v) is 2.64. The molecule has 0 fully saturated rings. The molecule has 0 saturated heterocycles. The number of hydrogen-bond donors (Lipinski definition) is 1. The number of benzene rings is 1. The van der Waals surface area contributed by atoms with Crippen molar-refractivity contribution in [2.24, 2.45) is 0 Å². The molecule has 130 valence electrons. The Kier molecular flexibility index (Phi) is 7.51. The number of nitrogens with one attached hydrogen (secondary N) is 1. The molecular weight excluding hydrogens is 314 g/mol. The Morgan fingerprint density at radius 2 is 1.70 bits per heavy atom. The van der Waals surface area contributed by atoms with Gasteiger partial charge in [0.2, 0.25) is 10.0 Å². The van der Waals surface area contributed by atoms with Gasteiger partial charge in [0.05, 0.1) is 6.26 Å². The van der Waals surface area contributed by atoms with Gasteiger partial charge in [0.25, 0.3) is 5.91 Å². The summed E-state index contributed by atoms with van der Waals surface area (Å²) >= 11 is 0. The lowest BCUT2D eigenvalue weighted by atomic mass is 10.2. The molecule has 0 bridgehead atoms. The minimum Gasteiger partial charge on any atom is -0.372 e. The molecule has 0 aliphatic rings. The predicted molar refractivity (Wildman–Crippen MR) is 94.4 cm³/mol. The molecule has 0 radical (unpaired) electrons. The highest BCUT2D eigenvalue weighted by molar-refractivity contribution is 7.88. The lowest BCUT2D eigenvalue weighted by molar-refractivity contribution is 0.0953. The summed E-state index contributed by atoms with van der Waals surface area (Å²) in [6.45, 7) is 6.87. The Hall–Kier alpha value is -1.60. The first kappa shape index (κ1) is 19.4. The first-order valence-corrected chi connectivity index (χ1v) is 9.69. The Morgan fingerprint density at radius 1 is 1.13 bits per heavy atom. The largest absolute Gasteiger partial charge is 0.372 e. The predicted octanol–water partition coefficient (Wildman–Crippen LogP) is 1.54. The molecule has 1 rings (SSSR count). The zero-order valence-electron chi connectivity index (χ0n) is 14.4. The van der Waals surface area contributed by atoms with Crippen molar-refractivity contribution in [2.75, 3.05) is 44.4 Å². The molecule has 0 aromatic heterocycles. The van der Waals surface area contributed by atoms with Crippen LogP contribution in [0.5, 0.6) is 0 Å².